The second-order valence-electron chi connectivity index (χ2n) is 6.65. The number of aliphatic imine (C=N–C) groups is 1. The molecule has 0 aliphatic carbocycles. The first-order chi connectivity index (χ1) is 13.5. The molecule has 158 valence electrons. The van der Waals surface area contributed by atoms with Crippen molar-refractivity contribution in [1.82, 2.24) is 16.0 Å². The SMILES string of the molecule is CCNC(=NCCC(=O)NCc1ccccc1)NC(C)c1ccc(C)c(F)c1.I. The number of halogens is 2. The lowest BCUT2D eigenvalue weighted by Gasteiger charge is -2.18. The van der Waals surface area contributed by atoms with E-state index in [1.807, 2.05) is 50.2 Å². The van der Waals surface area contributed by atoms with Gasteiger partial charge >= 0.3 is 0 Å². The molecule has 1 unspecified atom stereocenters. The number of hydrogen-bond acceptors (Lipinski definition) is 2. The van der Waals surface area contributed by atoms with Crippen LogP contribution in [0.1, 0.15) is 43.0 Å². The van der Waals surface area contributed by atoms with Crippen molar-refractivity contribution in [3.63, 3.8) is 0 Å². The number of hydrogen-bond donors (Lipinski definition) is 3. The van der Waals surface area contributed by atoms with Crippen molar-refractivity contribution in [3.8, 4) is 0 Å². The predicted octanol–water partition coefficient (Wildman–Crippen LogP) is 4.07. The van der Waals surface area contributed by atoms with Crippen molar-refractivity contribution < 1.29 is 9.18 Å². The van der Waals surface area contributed by atoms with E-state index in [-0.39, 0.29) is 41.7 Å². The highest BCUT2D eigenvalue weighted by atomic mass is 127. The molecule has 7 heteroatoms. The molecule has 2 rings (SSSR count). The minimum Gasteiger partial charge on any atom is -0.357 e. The first-order valence-electron chi connectivity index (χ1n) is 9.61. The zero-order valence-electron chi connectivity index (χ0n) is 17.2. The molecule has 0 aromatic heterocycles. The highest BCUT2D eigenvalue weighted by Gasteiger charge is 2.10. The van der Waals surface area contributed by atoms with E-state index >= 15 is 0 Å². The summed E-state index contributed by atoms with van der Waals surface area (Å²) in [5.74, 6) is 0.340. The van der Waals surface area contributed by atoms with Crippen molar-refractivity contribution in [1.29, 1.82) is 0 Å². The number of amides is 1. The quantitative estimate of drug-likeness (QED) is 0.284. The number of guanidine groups is 1. The van der Waals surface area contributed by atoms with Gasteiger partial charge in [-0.2, -0.15) is 0 Å². The van der Waals surface area contributed by atoms with E-state index in [0.717, 1.165) is 11.1 Å². The van der Waals surface area contributed by atoms with Gasteiger partial charge in [0, 0.05) is 19.5 Å². The zero-order chi connectivity index (χ0) is 20.4. The molecular weight excluding hydrogens is 482 g/mol. The van der Waals surface area contributed by atoms with Crippen molar-refractivity contribution in [2.24, 2.45) is 4.99 Å². The molecule has 0 radical (unpaired) electrons. The average Bonchev–Trinajstić information content (AvgIpc) is 2.69. The topological polar surface area (TPSA) is 65.5 Å². The van der Waals surface area contributed by atoms with Crippen LogP contribution in [0.4, 0.5) is 4.39 Å². The molecule has 0 fully saturated rings. The van der Waals surface area contributed by atoms with Crippen LogP contribution in [0, 0.1) is 12.7 Å². The minimum absolute atomic E-state index is 0. The summed E-state index contributed by atoms with van der Waals surface area (Å²) >= 11 is 0. The van der Waals surface area contributed by atoms with Crippen LogP contribution in [-0.4, -0.2) is 25.0 Å². The van der Waals surface area contributed by atoms with Gasteiger partial charge < -0.3 is 16.0 Å². The van der Waals surface area contributed by atoms with Gasteiger partial charge in [-0.05, 0) is 43.5 Å². The minimum atomic E-state index is -0.219. The number of carbonyl (C=O) groups excluding carboxylic acids is 1. The number of aryl methyl sites for hydroxylation is 1. The zero-order valence-corrected chi connectivity index (χ0v) is 19.5. The van der Waals surface area contributed by atoms with Crippen LogP contribution in [0.25, 0.3) is 0 Å². The molecule has 2 aromatic carbocycles. The van der Waals surface area contributed by atoms with Crippen LogP contribution in [0.5, 0.6) is 0 Å². The van der Waals surface area contributed by atoms with Crippen molar-refractivity contribution in [2.45, 2.75) is 39.8 Å². The van der Waals surface area contributed by atoms with Gasteiger partial charge in [-0.25, -0.2) is 4.39 Å². The Labute approximate surface area is 189 Å². The summed E-state index contributed by atoms with van der Waals surface area (Å²) in [6.45, 7) is 7.23. The monoisotopic (exact) mass is 512 g/mol. The van der Waals surface area contributed by atoms with Gasteiger partial charge in [0.25, 0.3) is 0 Å². The van der Waals surface area contributed by atoms with Gasteiger partial charge in [-0.1, -0.05) is 42.5 Å². The van der Waals surface area contributed by atoms with Crippen LogP contribution >= 0.6 is 24.0 Å². The lowest BCUT2D eigenvalue weighted by molar-refractivity contribution is -0.121. The standard InChI is InChI=1S/C22H29FN4O.HI/c1-4-24-22(27-17(3)19-11-10-16(2)20(23)14-19)25-13-12-21(28)26-15-18-8-6-5-7-9-18;/h5-11,14,17H,4,12-13,15H2,1-3H3,(H,26,28)(H2,24,25,27);1H. The van der Waals surface area contributed by atoms with E-state index in [9.17, 15) is 9.18 Å². The summed E-state index contributed by atoms with van der Waals surface area (Å²) in [6.07, 6.45) is 0.303. The van der Waals surface area contributed by atoms with Gasteiger partial charge in [0.15, 0.2) is 5.96 Å². The lowest BCUT2D eigenvalue weighted by Crippen LogP contribution is -2.39. The fourth-order valence-electron chi connectivity index (χ4n) is 2.64. The largest absolute Gasteiger partial charge is 0.357 e. The van der Waals surface area contributed by atoms with E-state index in [1.165, 1.54) is 6.07 Å². The molecule has 0 heterocycles. The summed E-state index contributed by atoms with van der Waals surface area (Å²) in [5, 5.41) is 9.30. The summed E-state index contributed by atoms with van der Waals surface area (Å²) in [6, 6.07) is 14.9. The molecule has 0 aliphatic heterocycles. The van der Waals surface area contributed by atoms with E-state index in [0.29, 0.717) is 37.6 Å². The molecule has 0 bridgehead atoms. The summed E-state index contributed by atoms with van der Waals surface area (Å²) in [4.78, 5) is 16.5. The summed E-state index contributed by atoms with van der Waals surface area (Å²) in [7, 11) is 0. The Hall–Kier alpha value is -2.16. The maximum atomic E-state index is 13.8. The van der Waals surface area contributed by atoms with Crippen molar-refractivity contribution in [3.05, 3.63) is 71.0 Å². The fourth-order valence-corrected chi connectivity index (χ4v) is 2.64. The third-order valence-corrected chi connectivity index (χ3v) is 4.33. The number of nitrogens with zero attached hydrogens (tertiary/aromatic N) is 1. The predicted molar refractivity (Wildman–Crippen MR) is 127 cm³/mol. The van der Waals surface area contributed by atoms with Gasteiger partial charge in [0.1, 0.15) is 5.82 Å². The van der Waals surface area contributed by atoms with E-state index in [4.69, 9.17) is 0 Å². The molecule has 0 spiro atoms. The summed E-state index contributed by atoms with van der Waals surface area (Å²) in [5.41, 5.74) is 2.53. The molecular formula is C22H30FIN4O. The average molecular weight is 512 g/mol. The number of benzene rings is 2. The van der Waals surface area contributed by atoms with Crippen LogP contribution in [0.2, 0.25) is 0 Å². The molecule has 1 amide bonds. The molecule has 5 nitrogen and oxygen atoms in total. The highest BCUT2D eigenvalue weighted by Crippen LogP contribution is 2.16. The molecule has 1 atom stereocenters. The summed E-state index contributed by atoms with van der Waals surface area (Å²) < 4.78 is 13.8. The molecule has 2 aromatic rings. The van der Waals surface area contributed by atoms with Crippen molar-refractivity contribution >= 4 is 35.8 Å². The Morgan fingerprint density at radius 3 is 2.52 bits per heavy atom. The number of carbonyl (C=O) groups is 1. The fraction of sp³-hybridized carbons (Fsp3) is 0.364. The second-order valence-corrected chi connectivity index (χ2v) is 6.65. The number of nitrogens with one attached hydrogen (secondary N) is 3. The third kappa shape index (κ3) is 8.81. The Morgan fingerprint density at radius 2 is 1.86 bits per heavy atom. The highest BCUT2D eigenvalue weighted by molar-refractivity contribution is 14.0. The Balaban J connectivity index is 0.00000420. The third-order valence-electron chi connectivity index (χ3n) is 4.33. The van der Waals surface area contributed by atoms with Crippen LogP contribution in [0.15, 0.2) is 53.5 Å². The smallest absolute Gasteiger partial charge is 0.222 e. The normalized spacial score (nSPS) is 11.9. The van der Waals surface area contributed by atoms with E-state index in [2.05, 4.69) is 20.9 Å². The second kappa shape index (κ2) is 13.1. The van der Waals surface area contributed by atoms with Crippen LogP contribution in [-0.2, 0) is 11.3 Å². The van der Waals surface area contributed by atoms with E-state index in [1.54, 1.807) is 13.0 Å². The van der Waals surface area contributed by atoms with Gasteiger partial charge in [0.2, 0.25) is 5.91 Å². The van der Waals surface area contributed by atoms with Gasteiger partial charge in [0.05, 0.1) is 12.6 Å². The molecule has 29 heavy (non-hydrogen) atoms. The first kappa shape index (κ1) is 24.9. The maximum absolute atomic E-state index is 13.8. The first-order valence-corrected chi connectivity index (χ1v) is 9.61. The molecule has 0 saturated heterocycles. The number of rotatable bonds is 8. The molecule has 0 saturated carbocycles. The Kier molecular flexibility index (Phi) is 11.3. The molecule has 0 aliphatic rings. The Morgan fingerprint density at radius 1 is 1.14 bits per heavy atom. The van der Waals surface area contributed by atoms with Crippen LogP contribution < -0.4 is 16.0 Å². The van der Waals surface area contributed by atoms with Gasteiger partial charge in [-0.15, -0.1) is 24.0 Å². The Bertz CT molecular complexity index is 799. The van der Waals surface area contributed by atoms with Crippen LogP contribution in [0.3, 0.4) is 0 Å². The molecule has 3 N–H and O–H groups in total. The maximum Gasteiger partial charge on any atom is 0.222 e. The van der Waals surface area contributed by atoms with E-state index < -0.39 is 0 Å². The van der Waals surface area contributed by atoms with Crippen molar-refractivity contribution in [2.75, 3.05) is 13.1 Å². The lowest BCUT2D eigenvalue weighted by atomic mass is 10.1. The van der Waals surface area contributed by atoms with Gasteiger partial charge in [-0.3, -0.25) is 9.79 Å².